The monoisotopic (exact) mass is 430 g/mol. The number of anilines is 2. The van der Waals surface area contributed by atoms with Crippen LogP contribution in [0.2, 0.25) is 0 Å². The third kappa shape index (κ3) is 4.85. The van der Waals surface area contributed by atoms with Gasteiger partial charge in [0.2, 0.25) is 0 Å². The van der Waals surface area contributed by atoms with Gasteiger partial charge < -0.3 is 21.3 Å². The van der Waals surface area contributed by atoms with Gasteiger partial charge in [-0.2, -0.15) is 0 Å². The van der Waals surface area contributed by atoms with E-state index < -0.39 is 0 Å². The zero-order chi connectivity index (χ0) is 23.4. The lowest BCUT2D eigenvalue weighted by Gasteiger charge is -2.26. The number of hydrogen-bond donors (Lipinski definition) is 4. The number of hydrogen-bond acceptors (Lipinski definition) is 4. The van der Waals surface area contributed by atoms with Gasteiger partial charge in [-0.1, -0.05) is 24.3 Å². The third-order valence-corrected chi connectivity index (χ3v) is 5.08. The van der Waals surface area contributed by atoms with Crippen LogP contribution in [0.3, 0.4) is 0 Å². The maximum atomic E-state index is 7.77. The quantitative estimate of drug-likeness (QED) is 0.345. The standard InChI is InChI=1S/C24H30N8/c1-15(2)31(23(25)26)19-9-11-21(29-13-19)17-5-7-18(8-6-17)22-12-10-20(14-30-22)32(16(3)4)24(27)28/h5-16H,1-4H3,(H3,25,26)(H3,27,28). The summed E-state index contributed by atoms with van der Waals surface area (Å²) in [6.07, 6.45) is 3.47. The molecule has 2 aromatic heterocycles. The van der Waals surface area contributed by atoms with Gasteiger partial charge in [-0.3, -0.25) is 20.8 Å². The Balaban J connectivity index is 1.79. The highest BCUT2D eigenvalue weighted by atomic mass is 15.3. The first-order valence-corrected chi connectivity index (χ1v) is 10.5. The third-order valence-electron chi connectivity index (χ3n) is 5.08. The van der Waals surface area contributed by atoms with Crippen LogP contribution >= 0.6 is 0 Å². The largest absolute Gasteiger partial charge is 0.370 e. The predicted molar refractivity (Wildman–Crippen MR) is 132 cm³/mol. The van der Waals surface area contributed by atoms with Gasteiger partial charge in [0.05, 0.1) is 35.2 Å². The van der Waals surface area contributed by atoms with Crippen molar-refractivity contribution < 1.29 is 0 Å². The fourth-order valence-corrected chi connectivity index (χ4v) is 3.64. The lowest BCUT2D eigenvalue weighted by molar-refractivity contribution is 0.797. The van der Waals surface area contributed by atoms with Gasteiger partial charge >= 0.3 is 0 Å². The number of nitrogens with two attached hydrogens (primary N) is 2. The molecular weight excluding hydrogens is 400 g/mol. The van der Waals surface area contributed by atoms with Crippen LogP contribution in [-0.2, 0) is 0 Å². The number of guanidine groups is 2. The summed E-state index contributed by atoms with van der Waals surface area (Å²) in [6.45, 7) is 7.92. The van der Waals surface area contributed by atoms with Crippen LogP contribution in [0.25, 0.3) is 22.5 Å². The van der Waals surface area contributed by atoms with E-state index in [9.17, 15) is 0 Å². The van der Waals surface area contributed by atoms with Crippen LogP contribution in [0.1, 0.15) is 27.7 Å². The summed E-state index contributed by atoms with van der Waals surface area (Å²) in [5, 5.41) is 15.5. The number of pyridine rings is 2. The second-order valence-electron chi connectivity index (χ2n) is 8.08. The molecule has 2 heterocycles. The first-order chi connectivity index (χ1) is 15.2. The maximum absolute atomic E-state index is 7.77. The van der Waals surface area contributed by atoms with Crippen LogP contribution in [0, 0.1) is 10.8 Å². The van der Waals surface area contributed by atoms with E-state index in [1.807, 2.05) is 76.2 Å². The highest BCUT2D eigenvalue weighted by Crippen LogP contribution is 2.26. The van der Waals surface area contributed by atoms with E-state index in [4.69, 9.17) is 22.3 Å². The average molecular weight is 431 g/mol. The van der Waals surface area contributed by atoms with Crippen molar-refractivity contribution in [3.8, 4) is 22.5 Å². The van der Waals surface area contributed by atoms with Crippen LogP contribution < -0.4 is 21.3 Å². The molecule has 0 amide bonds. The van der Waals surface area contributed by atoms with Gasteiger partial charge in [0.25, 0.3) is 0 Å². The van der Waals surface area contributed by atoms with E-state index in [0.29, 0.717) is 0 Å². The summed E-state index contributed by atoms with van der Waals surface area (Å²) in [5.74, 6) is -0.00511. The molecule has 8 nitrogen and oxygen atoms in total. The lowest BCUT2D eigenvalue weighted by atomic mass is 10.1. The van der Waals surface area contributed by atoms with Gasteiger partial charge in [0.15, 0.2) is 11.9 Å². The highest BCUT2D eigenvalue weighted by molar-refractivity contribution is 5.93. The molecule has 0 bridgehead atoms. The summed E-state index contributed by atoms with van der Waals surface area (Å²) in [6, 6.07) is 15.9. The minimum Gasteiger partial charge on any atom is -0.370 e. The number of nitrogens with zero attached hydrogens (tertiary/aromatic N) is 4. The summed E-state index contributed by atoms with van der Waals surface area (Å²) >= 11 is 0. The van der Waals surface area contributed by atoms with Crippen LogP contribution in [0.4, 0.5) is 11.4 Å². The zero-order valence-electron chi connectivity index (χ0n) is 18.9. The van der Waals surface area contributed by atoms with Crippen LogP contribution in [0.5, 0.6) is 0 Å². The normalized spacial score (nSPS) is 10.9. The molecule has 0 saturated heterocycles. The smallest absolute Gasteiger partial charge is 0.193 e. The second-order valence-corrected chi connectivity index (χ2v) is 8.08. The Labute approximate surface area is 188 Å². The second kappa shape index (κ2) is 9.47. The Bertz CT molecular complexity index is 982. The summed E-state index contributed by atoms with van der Waals surface area (Å²) < 4.78 is 0. The summed E-state index contributed by atoms with van der Waals surface area (Å²) in [4.78, 5) is 12.6. The molecule has 3 rings (SSSR count). The van der Waals surface area contributed by atoms with Crippen molar-refractivity contribution in [1.29, 1.82) is 10.8 Å². The predicted octanol–water partition coefficient (Wildman–Crippen LogP) is 4.03. The molecule has 0 unspecified atom stereocenters. The molecule has 0 fully saturated rings. The van der Waals surface area contributed by atoms with E-state index in [1.54, 1.807) is 22.2 Å². The van der Waals surface area contributed by atoms with Crippen molar-refractivity contribution in [3.05, 3.63) is 60.9 Å². The van der Waals surface area contributed by atoms with Crippen molar-refractivity contribution in [3.63, 3.8) is 0 Å². The minimum absolute atomic E-state index is 0.00256. The summed E-state index contributed by atoms with van der Waals surface area (Å²) in [5.41, 5.74) is 16.6. The molecule has 1 aromatic carbocycles. The first kappa shape index (κ1) is 22.7. The Morgan fingerprint density at radius 2 is 1.00 bits per heavy atom. The Kier molecular flexibility index (Phi) is 6.73. The van der Waals surface area contributed by atoms with Gasteiger partial charge in [0.1, 0.15) is 0 Å². The number of nitrogens with one attached hydrogen (secondary N) is 2. The molecule has 0 radical (unpaired) electrons. The number of aromatic nitrogens is 2. The molecule has 6 N–H and O–H groups in total. The Hall–Kier alpha value is -3.94. The van der Waals surface area contributed by atoms with E-state index in [0.717, 1.165) is 33.9 Å². The van der Waals surface area contributed by atoms with Crippen molar-refractivity contribution in [2.24, 2.45) is 11.5 Å². The van der Waals surface area contributed by atoms with Gasteiger partial charge in [-0.15, -0.1) is 0 Å². The minimum atomic E-state index is -0.00256. The SMILES string of the molecule is CC(C)N(C(=N)N)c1ccc(-c2ccc(-c3ccc(N(C(=N)N)C(C)C)cn3)cc2)nc1. The molecular formula is C24H30N8. The topological polar surface area (TPSA) is 132 Å². The molecule has 8 heteroatoms. The van der Waals surface area contributed by atoms with Gasteiger partial charge in [0, 0.05) is 23.2 Å². The molecule has 0 atom stereocenters. The Morgan fingerprint density at radius 1 is 0.656 bits per heavy atom. The molecule has 166 valence electrons. The average Bonchev–Trinajstić information content (AvgIpc) is 2.74. The van der Waals surface area contributed by atoms with Gasteiger partial charge in [-0.05, 0) is 52.0 Å². The Morgan fingerprint density at radius 3 is 1.22 bits per heavy atom. The molecule has 0 aliphatic heterocycles. The van der Waals surface area contributed by atoms with Crippen molar-refractivity contribution in [1.82, 2.24) is 9.97 Å². The van der Waals surface area contributed by atoms with E-state index in [2.05, 4.69) is 9.97 Å². The van der Waals surface area contributed by atoms with Crippen molar-refractivity contribution in [2.75, 3.05) is 9.80 Å². The lowest BCUT2D eigenvalue weighted by Crippen LogP contribution is -2.41. The molecule has 0 spiro atoms. The van der Waals surface area contributed by atoms with Gasteiger partial charge in [-0.25, -0.2) is 0 Å². The van der Waals surface area contributed by atoms with Crippen molar-refractivity contribution >= 4 is 23.3 Å². The fourth-order valence-electron chi connectivity index (χ4n) is 3.64. The highest BCUT2D eigenvalue weighted by Gasteiger charge is 2.15. The van der Waals surface area contributed by atoms with Crippen LogP contribution in [0.15, 0.2) is 60.9 Å². The number of rotatable bonds is 6. The fraction of sp³-hybridized carbons (Fsp3) is 0.250. The molecule has 3 aromatic rings. The molecule has 0 aliphatic rings. The van der Waals surface area contributed by atoms with E-state index >= 15 is 0 Å². The van der Waals surface area contributed by atoms with E-state index in [1.165, 1.54) is 0 Å². The maximum Gasteiger partial charge on any atom is 0.193 e. The van der Waals surface area contributed by atoms with Crippen LogP contribution in [-0.4, -0.2) is 34.0 Å². The molecule has 32 heavy (non-hydrogen) atoms. The first-order valence-electron chi connectivity index (χ1n) is 10.5. The van der Waals surface area contributed by atoms with E-state index in [-0.39, 0.29) is 24.0 Å². The molecule has 0 aliphatic carbocycles. The summed E-state index contributed by atoms with van der Waals surface area (Å²) in [7, 11) is 0. The van der Waals surface area contributed by atoms with Crippen molar-refractivity contribution in [2.45, 2.75) is 39.8 Å². The zero-order valence-corrected chi connectivity index (χ0v) is 18.9. The number of benzene rings is 1. The molecule has 0 saturated carbocycles.